The molecule has 5 nitrogen and oxygen atoms in total. The number of nitrogens with zero attached hydrogens (tertiary/aromatic N) is 1. The first-order valence-electron chi connectivity index (χ1n) is 10.3. The maximum absolute atomic E-state index is 13.6. The van der Waals surface area contributed by atoms with Gasteiger partial charge < -0.3 is 4.74 Å². The molecule has 0 spiro atoms. The Labute approximate surface area is 205 Å². The van der Waals surface area contributed by atoms with Crippen molar-refractivity contribution in [1.29, 1.82) is 0 Å². The van der Waals surface area contributed by atoms with Gasteiger partial charge >= 0.3 is 0 Å². The van der Waals surface area contributed by atoms with Crippen molar-refractivity contribution in [3.63, 3.8) is 0 Å². The highest BCUT2D eigenvalue weighted by atomic mass is 35.5. The third-order valence-corrected chi connectivity index (χ3v) is 7.78. The molecular formula is C25H25Cl2NO4S. The third-order valence-electron chi connectivity index (χ3n) is 5.21. The zero-order valence-electron chi connectivity index (χ0n) is 19.0. The van der Waals surface area contributed by atoms with Crippen molar-refractivity contribution in [1.82, 2.24) is 0 Å². The van der Waals surface area contributed by atoms with E-state index in [1.54, 1.807) is 31.2 Å². The molecule has 3 aromatic carbocycles. The van der Waals surface area contributed by atoms with Gasteiger partial charge in [-0.05, 0) is 99.3 Å². The van der Waals surface area contributed by atoms with Gasteiger partial charge in [-0.25, -0.2) is 8.42 Å². The molecule has 1 unspecified atom stereocenters. The fraction of sp³-hybridized carbons (Fsp3) is 0.240. The van der Waals surface area contributed by atoms with Crippen LogP contribution in [-0.4, -0.2) is 20.4 Å². The summed E-state index contributed by atoms with van der Waals surface area (Å²) in [5, 5.41) is 1.01. The van der Waals surface area contributed by atoms with Gasteiger partial charge in [-0.1, -0.05) is 35.3 Å². The van der Waals surface area contributed by atoms with E-state index < -0.39 is 22.0 Å². The van der Waals surface area contributed by atoms with Crippen molar-refractivity contribution in [2.24, 2.45) is 0 Å². The Morgan fingerprint density at radius 2 is 1.45 bits per heavy atom. The number of hydrogen-bond acceptors (Lipinski definition) is 4. The van der Waals surface area contributed by atoms with Gasteiger partial charge in [-0.15, -0.1) is 0 Å². The van der Waals surface area contributed by atoms with E-state index in [0.717, 1.165) is 21.0 Å². The number of amides is 1. The van der Waals surface area contributed by atoms with Gasteiger partial charge in [0.15, 0.2) is 6.10 Å². The normalized spacial score (nSPS) is 12.3. The molecule has 0 saturated carbocycles. The molecular weight excluding hydrogens is 481 g/mol. The van der Waals surface area contributed by atoms with Crippen molar-refractivity contribution in [2.75, 3.05) is 4.31 Å². The van der Waals surface area contributed by atoms with E-state index in [9.17, 15) is 13.2 Å². The van der Waals surface area contributed by atoms with Crippen molar-refractivity contribution in [2.45, 2.75) is 45.6 Å². The fourth-order valence-corrected chi connectivity index (χ4v) is 5.18. The number of rotatable bonds is 6. The number of benzene rings is 3. The predicted molar refractivity (Wildman–Crippen MR) is 133 cm³/mol. The molecule has 3 rings (SSSR count). The van der Waals surface area contributed by atoms with Crippen LogP contribution in [0.2, 0.25) is 10.0 Å². The second-order valence-electron chi connectivity index (χ2n) is 7.98. The lowest BCUT2D eigenvalue weighted by atomic mass is 10.1. The summed E-state index contributed by atoms with van der Waals surface area (Å²) in [5.74, 6) is -0.288. The monoisotopic (exact) mass is 505 g/mol. The van der Waals surface area contributed by atoms with Crippen LogP contribution in [0.1, 0.15) is 29.2 Å². The molecule has 1 atom stereocenters. The van der Waals surface area contributed by atoms with Crippen molar-refractivity contribution >= 4 is 44.8 Å². The van der Waals surface area contributed by atoms with E-state index in [1.165, 1.54) is 31.2 Å². The highest BCUT2D eigenvalue weighted by molar-refractivity contribution is 7.93. The van der Waals surface area contributed by atoms with E-state index in [2.05, 4.69) is 0 Å². The number of sulfonamides is 1. The minimum atomic E-state index is -4.25. The summed E-state index contributed by atoms with van der Waals surface area (Å²) < 4.78 is 34.0. The topological polar surface area (TPSA) is 63.7 Å². The number of carbonyl (C=O) groups is 1. The van der Waals surface area contributed by atoms with Crippen LogP contribution in [0.3, 0.4) is 0 Å². The van der Waals surface area contributed by atoms with Crippen LogP contribution in [0.15, 0.2) is 59.5 Å². The first-order chi connectivity index (χ1) is 15.4. The van der Waals surface area contributed by atoms with Gasteiger partial charge in [-0.2, -0.15) is 4.31 Å². The van der Waals surface area contributed by atoms with Gasteiger partial charge in [0.1, 0.15) is 5.75 Å². The van der Waals surface area contributed by atoms with Gasteiger partial charge in [0, 0.05) is 10.0 Å². The van der Waals surface area contributed by atoms with Gasteiger partial charge in [-0.3, -0.25) is 4.79 Å². The van der Waals surface area contributed by atoms with Gasteiger partial charge in [0.25, 0.3) is 15.9 Å². The molecule has 0 radical (unpaired) electrons. The Balaban J connectivity index is 2.08. The molecule has 3 aromatic rings. The number of aryl methyl sites for hydroxylation is 4. The SMILES string of the molecule is Cc1ccc(C)c(N(C(=O)C(C)Oc2cc(C)c(Cl)c(C)c2)S(=O)(=O)c2ccc(Cl)cc2)c1. The van der Waals surface area contributed by atoms with Crippen molar-refractivity contribution < 1.29 is 17.9 Å². The minimum absolute atomic E-state index is 0.0495. The lowest BCUT2D eigenvalue weighted by Crippen LogP contribution is -2.44. The molecule has 174 valence electrons. The van der Waals surface area contributed by atoms with E-state index >= 15 is 0 Å². The van der Waals surface area contributed by atoms with E-state index in [1.807, 2.05) is 26.8 Å². The summed E-state index contributed by atoms with van der Waals surface area (Å²) in [5.41, 5.74) is 3.32. The van der Waals surface area contributed by atoms with Crippen LogP contribution in [-0.2, 0) is 14.8 Å². The number of ether oxygens (including phenoxy) is 1. The maximum atomic E-state index is 13.6. The molecule has 0 aliphatic heterocycles. The summed E-state index contributed by atoms with van der Waals surface area (Å²) in [6, 6.07) is 14.4. The van der Waals surface area contributed by atoms with Crippen LogP contribution in [0.5, 0.6) is 5.75 Å². The smallest absolute Gasteiger partial charge is 0.281 e. The van der Waals surface area contributed by atoms with Gasteiger partial charge in [0.05, 0.1) is 10.6 Å². The average molecular weight is 506 g/mol. The van der Waals surface area contributed by atoms with Crippen LogP contribution >= 0.6 is 23.2 Å². The molecule has 0 aliphatic rings. The van der Waals surface area contributed by atoms with E-state index in [0.29, 0.717) is 21.4 Å². The molecule has 0 aliphatic carbocycles. The van der Waals surface area contributed by atoms with E-state index in [4.69, 9.17) is 27.9 Å². The standard InChI is InChI=1S/C25H25Cl2NO4S/c1-15-6-7-16(2)23(12-15)28(33(30,31)22-10-8-20(26)9-11-22)25(29)19(5)32-21-13-17(3)24(27)18(4)14-21/h6-14,19H,1-5H3. The van der Waals surface area contributed by atoms with Crippen LogP contribution in [0.4, 0.5) is 5.69 Å². The lowest BCUT2D eigenvalue weighted by Gasteiger charge is -2.27. The third kappa shape index (κ3) is 5.35. The largest absolute Gasteiger partial charge is 0.481 e. The lowest BCUT2D eigenvalue weighted by molar-refractivity contribution is -0.123. The van der Waals surface area contributed by atoms with Crippen molar-refractivity contribution in [3.05, 3.63) is 86.9 Å². The minimum Gasteiger partial charge on any atom is -0.481 e. The van der Waals surface area contributed by atoms with Gasteiger partial charge in [0.2, 0.25) is 0 Å². The van der Waals surface area contributed by atoms with Crippen LogP contribution < -0.4 is 9.04 Å². The molecule has 8 heteroatoms. The van der Waals surface area contributed by atoms with Crippen LogP contribution in [0, 0.1) is 27.7 Å². The Morgan fingerprint density at radius 1 is 0.879 bits per heavy atom. The summed E-state index contributed by atoms with van der Waals surface area (Å²) in [6.45, 7) is 8.78. The first-order valence-corrected chi connectivity index (χ1v) is 12.5. The molecule has 1 amide bonds. The Hall–Kier alpha value is -2.54. The summed E-state index contributed by atoms with van der Waals surface area (Å²) in [4.78, 5) is 13.6. The number of carbonyl (C=O) groups excluding carboxylic acids is 1. The molecule has 0 saturated heterocycles. The Morgan fingerprint density at radius 3 is 2.03 bits per heavy atom. The second kappa shape index (κ2) is 9.75. The zero-order chi connectivity index (χ0) is 24.5. The zero-order valence-corrected chi connectivity index (χ0v) is 21.3. The average Bonchev–Trinajstić information content (AvgIpc) is 2.74. The maximum Gasteiger partial charge on any atom is 0.281 e. The van der Waals surface area contributed by atoms with Crippen LogP contribution in [0.25, 0.3) is 0 Å². The van der Waals surface area contributed by atoms with E-state index in [-0.39, 0.29) is 10.6 Å². The number of halogens is 2. The quantitative estimate of drug-likeness (QED) is 0.387. The predicted octanol–water partition coefficient (Wildman–Crippen LogP) is 6.42. The number of anilines is 1. The molecule has 0 aromatic heterocycles. The molecule has 0 bridgehead atoms. The Bertz CT molecular complexity index is 1280. The fourth-order valence-electron chi connectivity index (χ4n) is 3.41. The molecule has 0 fully saturated rings. The molecule has 33 heavy (non-hydrogen) atoms. The summed E-state index contributed by atoms with van der Waals surface area (Å²) in [6.07, 6.45) is -1.09. The number of hydrogen-bond donors (Lipinski definition) is 0. The molecule has 0 heterocycles. The first kappa shape index (κ1) is 25.1. The molecule has 0 N–H and O–H groups in total. The highest BCUT2D eigenvalue weighted by Gasteiger charge is 2.36. The Kier molecular flexibility index (Phi) is 7.42. The second-order valence-corrected chi connectivity index (χ2v) is 10.6. The summed E-state index contributed by atoms with van der Waals surface area (Å²) >= 11 is 12.2. The summed E-state index contributed by atoms with van der Waals surface area (Å²) in [7, 11) is -4.25. The van der Waals surface area contributed by atoms with Crippen molar-refractivity contribution in [3.8, 4) is 5.75 Å². The highest BCUT2D eigenvalue weighted by Crippen LogP contribution is 2.31.